The first-order valence-electron chi connectivity index (χ1n) is 5.38. The van der Waals surface area contributed by atoms with Crippen LogP contribution in [0.1, 0.15) is 20.3 Å². The first-order chi connectivity index (χ1) is 6.63. The highest BCUT2D eigenvalue weighted by Crippen LogP contribution is 2.14. The predicted octanol–water partition coefficient (Wildman–Crippen LogP) is -0.208. The van der Waals surface area contributed by atoms with Gasteiger partial charge >= 0.3 is 0 Å². The van der Waals surface area contributed by atoms with Gasteiger partial charge in [0.25, 0.3) is 0 Å². The van der Waals surface area contributed by atoms with E-state index in [0.717, 1.165) is 19.6 Å². The third kappa shape index (κ3) is 3.27. The minimum Gasteiger partial charge on any atom is -0.368 e. The van der Waals surface area contributed by atoms with Gasteiger partial charge < -0.3 is 16.0 Å². The molecule has 1 aliphatic rings. The van der Waals surface area contributed by atoms with Gasteiger partial charge in [0.1, 0.15) is 0 Å². The van der Waals surface area contributed by atoms with Crippen LogP contribution in [0.2, 0.25) is 0 Å². The lowest BCUT2D eigenvalue weighted by Gasteiger charge is -2.15. The number of amides is 1. The largest absolute Gasteiger partial charge is 0.368 e. The summed E-state index contributed by atoms with van der Waals surface area (Å²) in [6, 6.07) is -0.203. The molecule has 82 valence electrons. The lowest BCUT2D eigenvalue weighted by molar-refractivity contribution is -0.119. The molecule has 14 heavy (non-hydrogen) atoms. The van der Waals surface area contributed by atoms with E-state index < -0.39 is 0 Å². The summed E-state index contributed by atoms with van der Waals surface area (Å²) in [7, 11) is 0. The van der Waals surface area contributed by atoms with E-state index in [0.29, 0.717) is 5.92 Å². The molecule has 3 N–H and O–H groups in total. The third-order valence-electron chi connectivity index (χ3n) is 2.96. The van der Waals surface area contributed by atoms with Gasteiger partial charge in [-0.3, -0.25) is 4.79 Å². The molecule has 2 unspecified atom stereocenters. The average molecular weight is 199 g/mol. The van der Waals surface area contributed by atoms with E-state index in [-0.39, 0.29) is 11.9 Å². The highest BCUT2D eigenvalue weighted by atomic mass is 16.1. The fourth-order valence-corrected chi connectivity index (χ4v) is 1.81. The van der Waals surface area contributed by atoms with Gasteiger partial charge in [0.05, 0.1) is 6.04 Å². The molecule has 4 heteroatoms. The summed E-state index contributed by atoms with van der Waals surface area (Å²) in [4.78, 5) is 13.2. The number of nitrogens with zero attached hydrogens (tertiary/aromatic N) is 1. The Hall–Kier alpha value is -0.610. The number of hydrogen-bond acceptors (Lipinski definition) is 3. The van der Waals surface area contributed by atoms with E-state index in [2.05, 4.69) is 17.1 Å². The number of hydrogen-bond donors (Lipinski definition) is 2. The summed E-state index contributed by atoms with van der Waals surface area (Å²) >= 11 is 0. The van der Waals surface area contributed by atoms with Crippen LogP contribution in [0.5, 0.6) is 0 Å². The number of nitrogens with one attached hydrogen (secondary N) is 1. The molecule has 0 radical (unpaired) electrons. The van der Waals surface area contributed by atoms with Crippen molar-refractivity contribution >= 4 is 5.91 Å². The maximum absolute atomic E-state index is 10.8. The highest BCUT2D eigenvalue weighted by molar-refractivity contribution is 5.79. The van der Waals surface area contributed by atoms with Gasteiger partial charge in [-0.05, 0) is 38.9 Å². The summed E-state index contributed by atoms with van der Waals surface area (Å²) in [6.07, 6.45) is 1.23. The minimum absolute atomic E-state index is 0.203. The van der Waals surface area contributed by atoms with Crippen molar-refractivity contribution in [3.05, 3.63) is 0 Å². The van der Waals surface area contributed by atoms with Crippen molar-refractivity contribution in [3.63, 3.8) is 0 Å². The number of rotatable bonds is 5. The summed E-state index contributed by atoms with van der Waals surface area (Å²) in [6.45, 7) is 8.36. The lowest BCUT2D eigenvalue weighted by Crippen LogP contribution is -2.41. The Balaban J connectivity index is 2.17. The first kappa shape index (κ1) is 11.5. The second-order valence-electron chi connectivity index (χ2n) is 4.08. The summed E-state index contributed by atoms with van der Waals surface area (Å²) < 4.78 is 0. The molecule has 1 aliphatic heterocycles. The van der Waals surface area contributed by atoms with Crippen LogP contribution in [-0.2, 0) is 4.79 Å². The molecule has 0 aromatic carbocycles. The van der Waals surface area contributed by atoms with Crippen LogP contribution < -0.4 is 11.1 Å². The van der Waals surface area contributed by atoms with Crippen LogP contribution in [-0.4, -0.2) is 43.0 Å². The zero-order valence-corrected chi connectivity index (χ0v) is 9.12. The van der Waals surface area contributed by atoms with E-state index in [4.69, 9.17) is 5.73 Å². The lowest BCUT2D eigenvalue weighted by atomic mass is 10.1. The van der Waals surface area contributed by atoms with E-state index >= 15 is 0 Å². The van der Waals surface area contributed by atoms with Gasteiger partial charge in [0.2, 0.25) is 5.91 Å². The van der Waals surface area contributed by atoms with Crippen LogP contribution in [0.3, 0.4) is 0 Å². The number of primary amides is 1. The van der Waals surface area contributed by atoms with E-state index in [9.17, 15) is 4.79 Å². The van der Waals surface area contributed by atoms with E-state index in [1.54, 1.807) is 0 Å². The Labute approximate surface area is 85.8 Å². The van der Waals surface area contributed by atoms with Gasteiger partial charge in [-0.25, -0.2) is 0 Å². The molecule has 0 bridgehead atoms. The normalized spacial score (nSPS) is 25.1. The zero-order valence-electron chi connectivity index (χ0n) is 9.12. The molecule has 0 aliphatic carbocycles. The molecule has 0 saturated carbocycles. The van der Waals surface area contributed by atoms with Crippen molar-refractivity contribution in [3.8, 4) is 0 Å². The molecule has 1 amide bonds. The highest BCUT2D eigenvalue weighted by Gasteiger charge is 2.21. The topological polar surface area (TPSA) is 58.4 Å². The molecule has 1 saturated heterocycles. The minimum atomic E-state index is -0.268. The predicted molar refractivity (Wildman–Crippen MR) is 56.9 cm³/mol. The number of likely N-dealkylation sites (tertiary alicyclic amines) is 1. The fraction of sp³-hybridized carbons (Fsp3) is 0.900. The Morgan fingerprint density at radius 1 is 1.71 bits per heavy atom. The standard InChI is InChI=1S/C10H21N3O/c1-3-13-5-4-9(7-13)6-12-8(2)10(11)14/h8-9,12H,3-7H2,1-2H3,(H2,11,14). The van der Waals surface area contributed by atoms with Crippen molar-refractivity contribution in [1.29, 1.82) is 0 Å². The summed E-state index contributed by atoms with van der Waals surface area (Å²) in [5.41, 5.74) is 5.16. The van der Waals surface area contributed by atoms with Crippen LogP contribution in [0.15, 0.2) is 0 Å². The van der Waals surface area contributed by atoms with Gasteiger partial charge in [0.15, 0.2) is 0 Å². The molecular formula is C10H21N3O. The summed E-state index contributed by atoms with van der Waals surface area (Å²) in [5.74, 6) is 0.409. The SMILES string of the molecule is CCN1CCC(CNC(C)C(N)=O)C1. The van der Waals surface area contributed by atoms with Crippen LogP contribution in [0.4, 0.5) is 0 Å². The van der Waals surface area contributed by atoms with Crippen molar-refractivity contribution < 1.29 is 4.79 Å². The van der Waals surface area contributed by atoms with E-state index in [1.165, 1.54) is 13.0 Å². The molecule has 0 aromatic rings. The molecule has 1 heterocycles. The second kappa shape index (κ2) is 5.32. The third-order valence-corrected chi connectivity index (χ3v) is 2.96. The fourth-order valence-electron chi connectivity index (χ4n) is 1.81. The Kier molecular flexibility index (Phi) is 4.35. The number of carbonyl (C=O) groups is 1. The van der Waals surface area contributed by atoms with Crippen LogP contribution >= 0.6 is 0 Å². The number of nitrogens with two attached hydrogens (primary N) is 1. The van der Waals surface area contributed by atoms with E-state index in [1.807, 2.05) is 6.92 Å². The molecule has 1 fully saturated rings. The molecule has 0 aromatic heterocycles. The quantitative estimate of drug-likeness (QED) is 0.644. The first-order valence-corrected chi connectivity index (χ1v) is 5.38. The Morgan fingerprint density at radius 2 is 2.43 bits per heavy atom. The summed E-state index contributed by atoms with van der Waals surface area (Å²) in [5, 5.41) is 3.17. The molecule has 1 rings (SSSR count). The Morgan fingerprint density at radius 3 is 2.93 bits per heavy atom. The molecule has 2 atom stereocenters. The molecule has 4 nitrogen and oxygen atoms in total. The zero-order chi connectivity index (χ0) is 10.6. The molecular weight excluding hydrogens is 178 g/mol. The van der Waals surface area contributed by atoms with Crippen molar-refractivity contribution in [2.75, 3.05) is 26.2 Å². The van der Waals surface area contributed by atoms with Gasteiger partial charge in [-0.15, -0.1) is 0 Å². The average Bonchev–Trinajstić information content (AvgIpc) is 2.61. The molecule has 0 spiro atoms. The van der Waals surface area contributed by atoms with Crippen molar-refractivity contribution in [2.24, 2.45) is 11.7 Å². The maximum atomic E-state index is 10.8. The van der Waals surface area contributed by atoms with Gasteiger partial charge in [-0.2, -0.15) is 0 Å². The van der Waals surface area contributed by atoms with Crippen molar-refractivity contribution in [2.45, 2.75) is 26.3 Å². The monoisotopic (exact) mass is 199 g/mol. The number of carbonyl (C=O) groups excluding carboxylic acids is 1. The van der Waals surface area contributed by atoms with Gasteiger partial charge in [-0.1, -0.05) is 6.92 Å². The maximum Gasteiger partial charge on any atom is 0.234 e. The Bertz CT molecular complexity index is 196. The van der Waals surface area contributed by atoms with Crippen molar-refractivity contribution in [1.82, 2.24) is 10.2 Å². The van der Waals surface area contributed by atoms with Crippen LogP contribution in [0, 0.1) is 5.92 Å². The van der Waals surface area contributed by atoms with Crippen LogP contribution in [0.25, 0.3) is 0 Å². The van der Waals surface area contributed by atoms with Gasteiger partial charge in [0, 0.05) is 6.54 Å². The second-order valence-corrected chi connectivity index (χ2v) is 4.08. The smallest absolute Gasteiger partial charge is 0.234 e.